The second-order valence-corrected chi connectivity index (χ2v) is 7.25. The van der Waals surface area contributed by atoms with Gasteiger partial charge in [0.25, 0.3) is 0 Å². The third-order valence-corrected chi connectivity index (χ3v) is 5.28. The van der Waals surface area contributed by atoms with Gasteiger partial charge >= 0.3 is 5.63 Å². The molecule has 0 spiro atoms. The molecule has 3 aromatic rings. The largest absolute Gasteiger partial charge is 0.508 e. The molecule has 0 radical (unpaired) electrons. The van der Waals surface area contributed by atoms with E-state index in [1.165, 1.54) is 12.1 Å². The number of nitrogens with zero attached hydrogens (tertiary/aromatic N) is 1. The molecule has 0 saturated heterocycles. The third-order valence-electron chi connectivity index (χ3n) is 5.28. The fourth-order valence-corrected chi connectivity index (χ4v) is 3.71. The monoisotopic (exact) mass is 395 g/mol. The molecule has 1 aromatic heterocycles. The Kier molecular flexibility index (Phi) is 5.45. The smallest absolute Gasteiger partial charge is 0.336 e. The minimum Gasteiger partial charge on any atom is -0.508 e. The molecule has 0 saturated carbocycles. The van der Waals surface area contributed by atoms with Crippen molar-refractivity contribution in [2.45, 2.75) is 32.9 Å². The van der Waals surface area contributed by atoms with E-state index in [9.17, 15) is 9.90 Å². The summed E-state index contributed by atoms with van der Waals surface area (Å²) in [6.07, 6.45) is 0.608. The van der Waals surface area contributed by atoms with Gasteiger partial charge in [-0.2, -0.15) is 0 Å². The minimum absolute atomic E-state index is 0.0912. The Balaban J connectivity index is 1.57. The Morgan fingerprint density at radius 1 is 1.10 bits per heavy atom. The molecule has 0 aliphatic carbocycles. The first-order valence-electron chi connectivity index (χ1n) is 9.96. The van der Waals surface area contributed by atoms with Gasteiger partial charge in [0, 0.05) is 30.6 Å². The quantitative estimate of drug-likeness (QED) is 0.642. The second-order valence-electron chi connectivity index (χ2n) is 7.25. The van der Waals surface area contributed by atoms with E-state index in [2.05, 4.69) is 11.8 Å². The first-order chi connectivity index (χ1) is 14.1. The lowest BCUT2D eigenvalue weighted by molar-refractivity contribution is 0.0581. The summed E-state index contributed by atoms with van der Waals surface area (Å²) in [6.45, 7) is 6.59. The molecule has 6 heteroatoms. The number of likely N-dealkylation sites (N-methyl/N-ethyl adjacent to an activating group) is 1. The van der Waals surface area contributed by atoms with Gasteiger partial charge in [-0.05, 0) is 42.3 Å². The molecule has 1 N–H and O–H groups in total. The minimum atomic E-state index is -0.418. The van der Waals surface area contributed by atoms with Crippen LogP contribution in [0.15, 0.2) is 51.7 Å². The van der Waals surface area contributed by atoms with Gasteiger partial charge in [0.2, 0.25) is 0 Å². The molecule has 152 valence electrons. The maximum absolute atomic E-state index is 12.1. The predicted octanol–water partition coefficient (Wildman–Crippen LogP) is 3.72. The SMILES string of the molecule is CCc1cc2c(CN(CC)C[C@@H]3COc4ccccc4O3)cc(=O)oc2cc1O. The molecule has 29 heavy (non-hydrogen) atoms. The average molecular weight is 395 g/mol. The maximum Gasteiger partial charge on any atom is 0.336 e. The molecule has 1 aliphatic heterocycles. The first-order valence-corrected chi connectivity index (χ1v) is 9.96. The van der Waals surface area contributed by atoms with E-state index in [4.69, 9.17) is 13.9 Å². The van der Waals surface area contributed by atoms with Crippen LogP contribution in [-0.4, -0.2) is 35.8 Å². The number of hydrogen-bond donors (Lipinski definition) is 1. The molecule has 0 bridgehead atoms. The first kappa shape index (κ1) is 19.3. The van der Waals surface area contributed by atoms with E-state index in [1.54, 1.807) is 0 Å². The normalized spacial score (nSPS) is 15.8. The number of rotatable bonds is 6. The van der Waals surface area contributed by atoms with Gasteiger partial charge in [-0.3, -0.25) is 4.90 Å². The van der Waals surface area contributed by atoms with Crippen LogP contribution >= 0.6 is 0 Å². The molecule has 4 rings (SSSR count). The van der Waals surface area contributed by atoms with Crippen LogP contribution in [0.5, 0.6) is 17.2 Å². The van der Waals surface area contributed by atoms with Crippen molar-refractivity contribution in [2.75, 3.05) is 19.7 Å². The van der Waals surface area contributed by atoms with Crippen LogP contribution in [-0.2, 0) is 13.0 Å². The Morgan fingerprint density at radius 3 is 2.66 bits per heavy atom. The highest BCUT2D eigenvalue weighted by atomic mass is 16.6. The van der Waals surface area contributed by atoms with Crippen LogP contribution in [0.25, 0.3) is 11.0 Å². The number of para-hydroxylation sites is 2. The Hall–Kier alpha value is -2.99. The highest BCUT2D eigenvalue weighted by Crippen LogP contribution is 2.31. The standard InChI is InChI=1S/C23H25NO5/c1-3-15-9-18-16(10-23(26)29-22(18)11-19(15)25)12-24(4-2)13-17-14-27-20-7-5-6-8-21(20)28-17/h5-11,17,25H,3-4,12-14H2,1-2H3/t17-/m1/s1. The highest BCUT2D eigenvalue weighted by molar-refractivity contribution is 5.82. The third kappa shape index (κ3) is 4.07. The summed E-state index contributed by atoms with van der Waals surface area (Å²) in [6, 6.07) is 12.6. The number of phenolic OH excluding ortho intramolecular Hbond substituents is 1. The topological polar surface area (TPSA) is 72.1 Å². The molecule has 0 fully saturated rings. The Bertz CT molecular complexity index is 1070. The van der Waals surface area contributed by atoms with Crippen LogP contribution in [0.2, 0.25) is 0 Å². The van der Waals surface area contributed by atoms with Crippen molar-refractivity contribution in [1.29, 1.82) is 0 Å². The fraction of sp³-hybridized carbons (Fsp3) is 0.348. The summed E-state index contributed by atoms with van der Waals surface area (Å²) in [5.74, 6) is 1.68. The fourth-order valence-electron chi connectivity index (χ4n) is 3.71. The van der Waals surface area contributed by atoms with Crippen molar-refractivity contribution in [3.63, 3.8) is 0 Å². The van der Waals surface area contributed by atoms with E-state index in [0.717, 1.165) is 34.6 Å². The number of aryl methyl sites for hydroxylation is 1. The molecule has 2 aromatic carbocycles. The van der Waals surface area contributed by atoms with Crippen molar-refractivity contribution >= 4 is 11.0 Å². The van der Waals surface area contributed by atoms with Crippen LogP contribution < -0.4 is 15.1 Å². The van der Waals surface area contributed by atoms with Gasteiger partial charge in [-0.25, -0.2) is 4.79 Å². The van der Waals surface area contributed by atoms with Crippen molar-refractivity contribution in [3.8, 4) is 17.2 Å². The summed E-state index contributed by atoms with van der Waals surface area (Å²) in [5.41, 5.74) is 1.70. The van der Waals surface area contributed by atoms with Crippen molar-refractivity contribution < 1.29 is 19.0 Å². The lowest BCUT2D eigenvalue weighted by Gasteiger charge is -2.31. The highest BCUT2D eigenvalue weighted by Gasteiger charge is 2.23. The molecule has 0 amide bonds. The van der Waals surface area contributed by atoms with Gasteiger partial charge < -0.3 is 19.0 Å². The molecule has 0 unspecified atom stereocenters. The summed E-state index contributed by atoms with van der Waals surface area (Å²) in [5, 5.41) is 11.0. The van der Waals surface area contributed by atoms with Crippen LogP contribution in [0.1, 0.15) is 25.0 Å². The van der Waals surface area contributed by atoms with Gasteiger partial charge in [-0.1, -0.05) is 26.0 Å². The average Bonchev–Trinajstić information content (AvgIpc) is 2.72. The second kappa shape index (κ2) is 8.17. The molecule has 6 nitrogen and oxygen atoms in total. The van der Waals surface area contributed by atoms with Gasteiger partial charge in [-0.15, -0.1) is 0 Å². The molecular weight excluding hydrogens is 370 g/mol. The zero-order valence-electron chi connectivity index (χ0n) is 16.7. The molecule has 2 heterocycles. The zero-order valence-corrected chi connectivity index (χ0v) is 16.7. The Morgan fingerprint density at radius 2 is 1.90 bits per heavy atom. The number of ether oxygens (including phenoxy) is 2. The molecule has 1 atom stereocenters. The van der Waals surface area contributed by atoms with E-state index in [1.807, 2.05) is 37.3 Å². The van der Waals surface area contributed by atoms with Crippen LogP contribution in [0, 0.1) is 0 Å². The molecular formula is C23H25NO5. The number of fused-ring (bicyclic) bond motifs is 2. The van der Waals surface area contributed by atoms with E-state index in [0.29, 0.717) is 31.7 Å². The zero-order chi connectivity index (χ0) is 20.4. The van der Waals surface area contributed by atoms with Crippen molar-refractivity contribution in [3.05, 3.63) is 64.0 Å². The Labute approximate surface area is 169 Å². The van der Waals surface area contributed by atoms with Gasteiger partial charge in [0.15, 0.2) is 11.5 Å². The number of benzene rings is 2. The van der Waals surface area contributed by atoms with Gasteiger partial charge in [0.05, 0.1) is 0 Å². The summed E-state index contributed by atoms with van der Waals surface area (Å²) in [7, 11) is 0. The van der Waals surface area contributed by atoms with E-state index >= 15 is 0 Å². The molecule has 1 aliphatic rings. The number of aromatic hydroxyl groups is 1. The lowest BCUT2D eigenvalue weighted by Crippen LogP contribution is -2.40. The maximum atomic E-state index is 12.1. The summed E-state index contributed by atoms with van der Waals surface area (Å²) < 4.78 is 17.2. The van der Waals surface area contributed by atoms with Crippen LogP contribution in [0.3, 0.4) is 0 Å². The van der Waals surface area contributed by atoms with E-state index in [-0.39, 0.29) is 11.9 Å². The number of phenols is 1. The van der Waals surface area contributed by atoms with Gasteiger partial charge in [0.1, 0.15) is 24.0 Å². The van der Waals surface area contributed by atoms with Crippen LogP contribution in [0.4, 0.5) is 0 Å². The van der Waals surface area contributed by atoms with E-state index < -0.39 is 5.63 Å². The van der Waals surface area contributed by atoms with Crippen molar-refractivity contribution in [2.24, 2.45) is 0 Å². The lowest BCUT2D eigenvalue weighted by atomic mass is 10.0. The number of hydrogen-bond acceptors (Lipinski definition) is 6. The van der Waals surface area contributed by atoms with Crippen molar-refractivity contribution in [1.82, 2.24) is 4.90 Å². The summed E-state index contributed by atoms with van der Waals surface area (Å²) in [4.78, 5) is 14.3. The summed E-state index contributed by atoms with van der Waals surface area (Å²) >= 11 is 0. The predicted molar refractivity (Wildman–Crippen MR) is 111 cm³/mol.